The summed E-state index contributed by atoms with van der Waals surface area (Å²) < 4.78 is 27.7. The van der Waals surface area contributed by atoms with E-state index >= 15 is 0 Å². The minimum Gasteiger partial charge on any atom is -0.260 e. The highest BCUT2D eigenvalue weighted by atomic mass is 19.3. The Labute approximate surface area is 215 Å². The number of nitrogens with zero attached hydrogens (tertiary/aromatic N) is 1. The first kappa shape index (κ1) is 29.5. The molecule has 1 fully saturated rings. The maximum absolute atomic E-state index is 13.9. The van der Waals surface area contributed by atoms with Crippen LogP contribution in [-0.4, -0.2) is 18.8 Å². The third-order valence-corrected chi connectivity index (χ3v) is 9.27. The second kappa shape index (κ2) is 11.6. The van der Waals surface area contributed by atoms with Crippen LogP contribution in [0.1, 0.15) is 116 Å². The molecule has 1 aromatic heterocycles. The first-order chi connectivity index (χ1) is 16.2. The van der Waals surface area contributed by atoms with Crippen molar-refractivity contribution in [1.29, 1.82) is 0 Å². The maximum atomic E-state index is 13.9. The van der Waals surface area contributed by atoms with E-state index in [1.165, 1.54) is 11.1 Å². The number of aryl methyl sites for hydroxylation is 1. The predicted molar refractivity (Wildman–Crippen MR) is 150 cm³/mol. The largest absolute Gasteiger partial charge is 0.260 e. The van der Waals surface area contributed by atoms with Gasteiger partial charge in [0.15, 0.2) is 0 Å². The van der Waals surface area contributed by atoms with Crippen LogP contribution in [0.3, 0.4) is 0 Å². The summed E-state index contributed by atoms with van der Waals surface area (Å²) >= 11 is 0. The van der Waals surface area contributed by atoms with Crippen LogP contribution in [-0.2, 0) is 5.41 Å². The molecule has 0 N–H and O–H groups in total. The summed E-state index contributed by atoms with van der Waals surface area (Å²) in [4.78, 5) is 5.03. The summed E-state index contributed by atoms with van der Waals surface area (Å²) in [5.41, 5.74) is 6.60. The first-order valence-corrected chi connectivity index (χ1v) is 13.5. The van der Waals surface area contributed by atoms with Crippen LogP contribution in [0.5, 0.6) is 0 Å². The summed E-state index contributed by atoms with van der Waals surface area (Å²) in [5, 5.41) is 0.0871. The lowest BCUT2D eigenvalue weighted by atomic mass is 9.52. The molecule has 0 aliphatic heterocycles. The van der Waals surface area contributed by atoms with Gasteiger partial charge in [0.25, 0.3) is 0 Å². The van der Waals surface area contributed by atoms with Gasteiger partial charge in [0.2, 0.25) is 5.92 Å². The average molecular weight is 484 g/mol. The SMILES string of the molecule is BC(CCC)(CCC(/C(C)=C/C)c1ncc(C(C)(C(=C)C)C(=C)C)cc1C)C1CCC(F)(F)CC1. The molecule has 2 atom stereocenters. The van der Waals surface area contributed by atoms with E-state index in [9.17, 15) is 8.78 Å². The van der Waals surface area contributed by atoms with E-state index < -0.39 is 5.92 Å². The van der Waals surface area contributed by atoms with Crippen molar-refractivity contribution < 1.29 is 8.78 Å². The van der Waals surface area contributed by atoms with Gasteiger partial charge in [0.05, 0.1) is 5.69 Å². The molecule has 0 saturated heterocycles. The Morgan fingerprint density at radius 1 is 1.20 bits per heavy atom. The van der Waals surface area contributed by atoms with Crippen molar-refractivity contribution in [1.82, 2.24) is 4.98 Å². The molecule has 1 aliphatic rings. The number of hydrogen-bond acceptors (Lipinski definition) is 1. The molecule has 1 nitrogen and oxygen atoms in total. The average Bonchev–Trinajstić information content (AvgIpc) is 2.78. The Hall–Kier alpha value is -1.71. The van der Waals surface area contributed by atoms with Gasteiger partial charge < -0.3 is 0 Å². The van der Waals surface area contributed by atoms with Crippen LogP contribution in [0.15, 0.2) is 48.2 Å². The van der Waals surface area contributed by atoms with Gasteiger partial charge in [-0.3, -0.25) is 4.98 Å². The van der Waals surface area contributed by atoms with Crippen molar-refractivity contribution in [2.45, 2.75) is 122 Å². The molecule has 0 spiro atoms. The van der Waals surface area contributed by atoms with Crippen LogP contribution < -0.4 is 0 Å². The first-order valence-electron chi connectivity index (χ1n) is 13.5. The van der Waals surface area contributed by atoms with E-state index in [0.29, 0.717) is 18.8 Å². The topological polar surface area (TPSA) is 12.9 Å². The zero-order valence-corrected chi connectivity index (χ0v) is 23.7. The lowest BCUT2D eigenvalue weighted by Gasteiger charge is -2.43. The quantitative estimate of drug-likeness (QED) is 0.226. The Bertz CT molecular complexity index is 923. The van der Waals surface area contributed by atoms with Crippen molar-refractivity contribution in [3.05, 3.63) is 65.0 Å². The number of halogens is 2. The summed E-state index contributed by atoms with van der Waals surface area (Å²) in [6, 6.07) is 2.26. The van der Waals surface area contributed by atoms with Crippen molar-refractivity contribution in [2.75, 3.05) is 0 Å². The van der Waals surface area contributed by atoms with Crippen LogP contribution in [0, 0.1) is 12.8 Å². The molecule has 194 valence electrons. The highest BCUT2D eigenvalue weighted by Gasteiger charge is 2.42. The lowest BCUT2D eigenvalue weighted by molar-refractivity contribution is -0.0517. The van der Waals surface area contributed by atoms with Crippen molar-refractivity contribution in [3.63, 3.8) is 0 Å². The second-order valence-electron chi connectivity index (χ2n) is 11.8. The number of alkyl halides is 2. The number of aromatic nitrogens is 1. The number of pyridine rings is 1. The van der Waals surface area contributed by atoms with Gasteiger partial charge in [-0.2, -0.15) is 0 Å². The molecule has 0 amide bonds. The summed E-state index contributed by atoms with van der Waals surface area (Å²) in [7, 11) is 2.35. The minimum atomic E-state index is -2.47. The van der Waals surface area contributed by atoms with E-state index in [1.54, 1.807) is 0 Å². The van der Waals surface area contributed by atoms with Crippen molar-refractivity contribution >= 4 is 7.85 Å². The normalized spacial score (nSPS) is 19.7. The fraction of sp³-hybridized carbons (Fsp3) is 0.645. The zero-order chi connectivity index (χ0) is 26.6. The predicted octanol–water partition coefficient (Wildman–Crippen LogP) is 9.05. The second-order valence-corrected chi connectivity index (χ2v) is 11.8. The molecule has 35 heavy (non-hydrogen) atoms. The van der Waals surface area contributed by atoms with Gasteiger partial charge in [-0.1, -0.05) is 73.5 Å². The van der Waals surface area contributed by atoms with Gasteiger partial charge in [0.1, 0.15) is 7.85 Å². The highest BCUT2D eigenvalue weighted by Crippen LogP contribution is 2.52. The molecule has 0 bridgehead atoms. The van der Waals surface area contributed by atoms with Crippen molar-refractivity contribution in [3.8, 4) is 0 Å². The number of hydrogen-bond donors (Lipinski definition) is 0. The monoisotopic (exact) mass is 483 g/mol. The number of rotatable bonds is 11. The molecule has 2 unspecified atom stereocenters. The smallest absolute Gasteiger partial charge is 0.248 e. The Morgan fingerprint density at radius 3 is 2.23 bits per heavy atom. The summed E-state index contributed by atoms with van der Waals surface area (Å²) in [5.74, 6) is -1.87. The maximum Gasteiger partial charge on any atom is 0.248 e. The summed E-state index contributed by atoms with van der Waals surface area (Å²) in [6.45, 7) is 23.4. The third-order valence-electron chi connectivity index (χ3n) is 9.27. The van der Waals surface area contributed by atoms with E-state index in [1.807, 2.05) is 6.20 Å². The Morgan fingerprint density at radius 2 is 1.77 bits per heavy atom. The van der Waals surface area contributed by atoms with Crippen LogP contribution in [0.4, 0.5) is 8.78 Å². The molecular formula is C31H48BF2N. The van der Waals surface area contributed by atoms with E-state index in [2.05, 4.69) is 81.6 Å². The minimum absolute atomic E-state index is 0.0423. The molecule has 1 aliphatic carbocycles. The van der Waals surface area contributed by atoms with Gasteiger partial charge in [-0.05, 0) is 77.8 Å². The highest BCUT2D eigenvalue weighted by molar-refractivity contribution is 6.15. The third kappa shape index (κ3) is 6.55. The molecule has 1 aromatic rings. The molecule has 1 heterocycles. The molecule has 0 aromatic carbocycles. The van der Waals surface area contributed by atoms with E-state index in [0.717, 1.165) is 48.1 Å². The standard InChI is InChI=1S/C31H48BF2N/c1-10-15-30(32,25-12-17-31(33,34)18-13-25)16-14-27(23(7)11-2)28-24(8)19-26(20-35-28)29(9,21(3)4)22(5)6/h11,19-20,25,27H,3,5,10,12-18,32H2,1-2,4,6-9H3/b23-11+. The zero-order valence-electron chi connectivity index (χ0n) is 23.7. The Kier molecular flexibility index (Phi) is 9.76. The molecule has 1 saturated carbocycles. The van der Waals surface area contributed by atoms with Gasteiger partial charge in [0, 0.05) is 30.4 Å². The lowest BCUT2D eigenvalue weighted by Crippen LogP contribution is -2.33. The van der Waals surface area contributed by atoms with E-state index in [-0.39, 0.29) is 29.5 Å². The molecule has 0 radical (unpaired) electrons. The number of allylic oxidation sites excluding steroid dienone is 4. The van der Waals surface area contributed by atoms with Crippen LogP contribution in [0.2, 0.25) is 5.31 Å². The fourth-order valence-electron chi connectivity index (χ4n) is 6.18. The van der Waals surface area contributed by atoms with Gasteiger partial charge >= 0.3 is 0 Å². The van der Waals surface area contributed by atoms with Gasteiger partial charge in [-0.15, -0.1) is 0 Å². The molecular weight excluding hydrogens is 435 g/mol. The van der Waals surface area contributed by atoms with Crippen LogP contribution >= 0.6 is 0 Å². The van der Waals surface area contributed by atoms with Crippen LogP contribution in [0.25, 0.3) is 0 Å². The van der Waals surface area contributed by atoms with E-state index in [4.69, 9.17) is 4.98 Å². The fourth-order valence-corrected chi connectivity index (χ4v) is 6.18. The van der Waals surface area contributed by atoms with Crippen molar-refractivity contribution in [2.24, 2.45) is 5.92 Å². The molecule has 2 rings (SSSR count). The molecule has 4 heteroatoms. The summed E-state index contributed by atoms with van der Waals surface area (Å²) in [6.07, 6.45) is 9.78. The Balaban J connectivity index is 2.35. The van der Waals surface area contributed by atoms with Gasteiger partial charge in [-0.25, -0.2) is 8.78 Å².